The highest BCUT2D eigenvalue weighted by Gasteiger charge is 2.80. The molecule has 0 amide bonds. The average molecular weight is 558 g/mol. The van der Waals surface area contributed by atoms with Crippen LogP contribution in [-0.2, 0) is 19.1 Å². The van der Waals surface area contributed by atoms with Gasteiger partial charge in [0.15, 0.2) is 23.3 Å². The number of hydrogen-bond donors (Lipinski definition) is 2. The van der Waals surface area contributed by atoms with Crippen LogP contribution in [-0.4, -0.2) is 59.2 Å². The monoisotopic (exact) mass is 557 g/mol. The second-order valence-corrected chi connectivity index (χ2v) is 12.6. The van der Waals surface area contributed by atoms with E-state index in [0.29, 0.717) is 17.9 Å². The zero-order valence-corrected chi connectivity index (χ0v) is 23.1. The van der Waals surface area contributed by atoms with Crippen molar-refractivity contribution in [2.45, 2.75) is 88.8 Å². The molecule has 7 nitrogen and oxygen atoms in total. The number of aliphatic hydroxyl groups excluding tert-OH is 1. The van der Waals surface area contributed by atoms with Gasteiger partial charge in [-0.1, -0.05) is 32.4 Å². The molecular formula is C31H37F2NO6. The number of carbonyl (C=O) groups excluding carboxylic acids is 2. The maximum Gasteiger partial charge on any atom is 0.205 e. The molecule has 40 heavy (non-hydrogen) atoms. The highest BCUT2D eigenvalue weighted by Crippen LogP contribution is 2.72. The summed E-state index contributed by atoms with van der Waals surface area (Å²) in [6, 6.07) is 6.75. The molecule has 3 saturated carbocycles. The molecule has 4 aliphatic carbocycles. The number of fused-ring (bicyclic) bond motifs is 7. The second-order valence-electron chi connectivity index (χ2n) is 12.6. The van der Waals surface area contributed by atoms with Crippen LogP contribution in [0.25, 0.3) is 0 Å². The van der Waals surface area contributed by atoms with Crippen molar-refractivity contribution in [3.8, 4) is 5.75 Å². The molecule has 1 aliphatic heterocycles. The van der Waals surface area contributed by atoms with Gasteiger partial charge in [0.2, 0.25) is 5.78 Å². The van der Waals surface area contributed by atoms with E-state index in [0.717, 1.165) is 6.42 Å². The molecule has 216 valence electrons. The number of halogens is 2. The van der Waals surface area contributed by atoms with Crippen molar-refractivity contribution in [1.29, 1.82) is 0 Å². The summed E-state index contributed by atoms with van der Waals surface area (Å²) in [5.41, 5.74) is 0.129. The molecule has 0 spiro atoms. The highest BCUT2D eigenvalue weighted by atomic mass is 19.1. The van der Waals surface area contributed by atoms with Gasteiger partial charge in [0, 0.05) is 28.5 Å². The van der Waals surface area contributed by atoms with E-state index in [1.165, 1.54) is 18.2 Å². The van der Waals surface area contributed by atoms with Crippen molar-refractivity contribution in [2.75, 3.05) is 12.3 Å². The number of anilines is 1. The van der Waals surface area contributed by atoms with Crippen LogP contribution in [0.3, 0.4) is 0 Å². The van der Waals surface area contributed by atoms with Crippen LogP contribution in [0.15, 0.2) is 48.1 Å². The number of Topliss-reactive ketones (excluding diaryl/α,β-unsaturated/α-hetero) is 1. The number of rotatable bonds is 6. The van der Waals surface area contributed by atoms with Gasteiger partial charge in [-0.05, 0) is 68.4 Å². The van der Waals surface area contributed by atoms with E-state index in [4.69, 9.17) is 19.9 Å². The van der Waals surface area contributed by atoms with Crippen LogP contribution in [0.5, 0.6) is 5.75 Å². The number of ketones is 2. The topological polar surface area (TPSA) is 108 Å². The summed E-state index contributed by atoms with van der Waals surface area (Å²) in [6.07, 6.45) is 0.748. The summed E-state index contributed by atoms with van der Waals surface area (Å²) >= 11 is 0. The SMILES string of the molecule is CCC[C@@H]1O[C@@H]2C[C@H]3[C@@H]4C[C@H](F)C5=CC(=O)C=C[C@]5(C)[C@@]4(F)[C@@H](O)C[C@]3(C)[C@]2(C(=O)COc2cccc(N)c2)O1. The number of nitrogens with two attached hydrogens (primary N) is 1. The van der Waals surface area contributed by atoms with Gasteiger partial charge >= 0.3 is 0 Å². The number of allylic oxidation sites excluding steroid dienone is 4. The Balaban J connectivity index is 1.39. The number of carbonyl (C=O) groups is 2. The van der Waals surface area contributed by atoms with Gasteiger partial charge in [0.1, 0.15) is 18.5 Å². The fourth-order valence-corrected chi connectivity index (χ4v) is 8.75. The Hall–Kier alpha value is -2.62. The predicted octanol–water partition coefficient (Wildman–Crippen LogP) is 4.43. The lowest BCUT2D eigenvalue weighted by molar-refractivity contribution is -0.234. The van der Waals surface area contributed by atoms with Crippen molar-refractivity contribution in [3.05, 3.63) is 48.1 Å². The lowest BCUT2D eigenvalue weighted by atomic mass is 9.44. The van der Waals surface area contributed by atoms with Crippen LogP contribution < -0.4 is 10.5 Å². The van der Waals surface area contributed by atoms with E-state index < -0.39 is 64.4 Å². The molecule has 5 aliphatic rings. The van der Waals surface area contributed by atoms with Crippen molar-refractivity contribution < 1.29 is 37.7 Å². The maximum atomic E-state index is 17.5. The quantitative estimate of drug-likeness (QED) is 0.499. The van der Waals surface area contributed by atoms with Gasteiger partial charge in [-0.2, -0.15) is 0 Å². The third-order valence-corrected chi connectivity index (χ3v) is 10.6. The summed E-state index contributed by atoms with van der Waals surface area (Å²) in [5.74, 6) is -1.78. The first kappa shape index (κ1) is 27.5. The number of benzene rings is 1. The van der Waals surface area contributed by atoms with Crippen LogP contribution in [0.1, 0.15) is 52.9 Å². The lowest BCUT2D eigenvalue weighted by Gasteiger charge is -2.63. The fourth-order valence-electron chi connectivity index (χ4n) is 8.75. The van der Waals surface area contributed by atoms with E-state index in [1.807, 2.05) is 13.8 Å². The first-order chi connectivity index (χ1) is 18.9. The third kappa shape index (κ3) is 3.50. The number of hydrogen-bond acceptors (Lipinski definition) is 7. The van der Waals surface area contributed by atoms with Gasteiger partial charge in [-0.3, -0.25) is 9.59 Å². The Morgan fingerprint density at radius 1 is 1.25 bits per heavy atom. The van der Waals surface area contributed by atoms with E-state index in [1.54, 1.807) is 31.2 Å². The van der Waals surface area contributed by atoms with Crippen LogP contribution in [0.2, 0.25) is 0 Å². The Kier molecular flexibility index (Phi) is 6.33. The Labute approximate surface area is 232 Å². The molecule has 0 unspecified atom stereocenters. The van der Waals surface area contributed by atoms with E-state index in [2.05, 4.69) is 0 Å². The molecule has 6 rings (SSSR count). The molecule has 1 heterocycles. The summed E-state index contributed by atoms with van der Waals surface area (Å²) in [6.45, 7) is 5.07. The van der Waals surface area contributed by atoms with E-state index >= 15 is 8.78 Å². The van der Waals surface area contributed by atoms with Crippen LogP contribution in [0, 0.1) is 22.7 Å². The first-order valence-corrected chi connectivity index (χ1v) is 14.2. The van der Waals surface area contributed by atoms with Crippen molar-refractivity contribution in [2.24, 2.45) is 22.7 Å². The zero-order chi connectivity index (χ0) is 28.7. The Morgan fingerprint density at radius 2 is 2.02 bits per heavy atom. The number of nitrogen functional groups attached to an aromatic ring is 1. The van der Waals surface area contributed by atoms with Crippen molar-refractivity contribution >= 4 is 17.3 Å². The standard InChI is InChI=1S/C31H37F2NO6/c1-4-6-27-39-26-14-20-21-13-23(32)22-12-18(35)9-10-28(22,2)30(21,33)24(36)15-29(20,3)31(26,40-27)25(37)16-38-19-8-5-7-17(34)11-19/h5,7-12,20-21,23-24,26-27,36H,4,6,13-16,34H2,1-3H3/t20-,21-,23-,24-,26+,27+,28-,29-,30-,31+/m0/s1. The molecule has 0 aromatic heterocycles. The minimum atomic E-state index is -2.24. The first-order valence-electron chi connectivity index (χ1n) is 14.2. The highest BCUT2D eigenvalue weighted by molar-refractivity contribution is 6.01. The summed E-state index contributed by atoms with van der Waals surface area (Å²) in [7, 11) is 0. The summed E-state index contributed by atoms with van der Waals surface area (Å²) in [4.78, 5) is 26.3. The van der Waals surface area contributed by atoms with E-state index in [9.17, 15) is 14.7 Å². The molecular weight excluding hydrogens is 520 g/mol. The second kappa shape index (κ2) is 9.19. The van der Waals surface area contributed by atoms with Crippen molar-refractivity contribution in [1.82, 2.24) is 0 Å². The molecule has 10 atom stereocenters. The molecule has 4 fully saturated rings. The zero-order valence-electron chi connectivity index (χ0n) is 23.1. The number of alkyl halides is 2. The largest absolute Gasteiger partial charge is 0.486 e. The molecule has 1 saturated heterocycles. The van der Waals surface area contributed by atoms with Gasteiger partial charge in [-0.25, -0.2) is 8.78 Å². The Bertz CT molecular complexity index is 1300. The van der Waals surface area contributed by atoms with Gasteiger partial charge in [-0.15, -0.1) is 0 Å². The predicted molar refractivity (Wildman–Crippen MR) is 143 cm³/mol. The number of aliphatic hydroxyl groups is 1. The summed E-state index contributed by atoms with van der Waals surface area (Å²) in [5, 5.41) is 11.7. The summed E-state index contributed by atoms with van der Waals surface area (Å²) < 4.78 is 52.0. The lowest BCUT2D eigenvalue weighted by Crippen LogP contribution is -2.71. The van der Waals surface area contributed by atoms with Crippen molar-refractivity contribution in [3.63, 3.8) is 0 Å². The molecule has 0 radical (unpaired) electrons. The normalized spacial score (nSPS) is 45.2. The van der Waals surface area contributed by atoms with Crippen LogP contribution in [0.4, 0.5) is 14.5 Å². The third-order valence-electron chi connectivity index (χ3n) is 10.6. The average Bonchev–Trinajstić information content (AvgIpc) is 3.38. The van der Waals surface area contributed by atoms with E-state index in [-0.39, 0.29) is 37.2 Å². The Morgan fingerprint density at radius 3 is 2.75 bits per heavy atom. The minimum absolute atomic E-state index is 0.0661. The fraction of sp³-hybridized carbons (Fsp3) is 0.613. The van der Waals surface area contributed by atoms with Gasteiger partial charge in [0.25, 0.3) is 0 Å². The van der Waals surface area contributed by atoms with Gasteiger partial charge < -0.3 is 25.1 Å². The van der Waals surface area contributed by atoms with Gasteiger partial charge in [0.05, 0.1) is 12.2 Å². The molecule has 1 aromatic rings. The minimum Gasteiger partial charge on any atom is -0.486 e. The van der Waals surface area contributed by atoms with Crippen LogP contribution >= 0.6 is 0 Å². The smallest absolute Gasteiger partial charge is 0.205 e. The molecule has 9 heteroatoms. The molecule has 0 bridgehead atoms. The number of ether oxygens (including phenoxy) is 3. The maximum absolute atomic E-state index is 17.5. The molecule has 3 N–H and O–H groups in total. The molecule has 1 aromatic carbocycles.